The molecule has 1 aromatic rings. The van der Waals surface area contributed by atoms with Crippen molar-refractivity contribution < 1.29 is 0 Å². The smallest absolute Gasteiger partial charge is 0.144 e. The highest BCUT2D eigenvalue weighted by molar-refractivity contribution is 6.30. The highest BCUT2D eigenvalue weighted by Gasteiger charge is 2.22. The van der Waals surface area contributed by atoms with E-state index in [1.165, 1.54) is 0 Å². The van der Waals surface area contributed by atoms with E-state index in [-0.39, 0.29) is 5.41 Å². The van der Waals surface area contributed by atoms with Gasteiger partial charge in [0.05, 0.1) is 12.2 Å². The molecule has 0 bridgehead atoms. The molecule has 0 aromatic carbocycles. The number of hydrogen-bond donors (Lipinski definition) is 0. The summed E-state index contributed by atoms with van der Waals surface area (Å²) in [7, 11) is 4.00. The fourth-order valence-corrected chi connectivity index (χ4v) is 2.11. The first kappa shape index (κ1) is 14.4. The van der Waals surface area contributed by atoms with Crippen LogP contribution in [0.15, 0.2) is 0 Å². The normalized spacial score (nSPS) is 12.2. The topological polar surface area (TPSA) is 29.0 Å². The van der Waals surface area contributed by atoms with Gasteiger partial charge in [0.15, 0.2) is 0 Å². The molecule has 4 heteroatoms. The van der Waals surface area contributed by atoms with Crippen LogP contribution >= 0.6 is 11.6 Å². The van der Waals surface area contributed by atoms with Crippen molar-refractivity contribution in [1.29, 1.82) is 0 Å². The maximum Gasteiger partial charge on any atom is 0.144 e. The van der Waals surface area contributed by atoms with Crippen LogP contribution in [-0.2, 0) is 18.4 Å². The molecule has 3 nitrogen and oxygen atoms in total. The van der Waals surface area contributed by atoms with E-state index in [4.69, 9.17) is 11.6 Å². The lowest BCUT2D eigenvalue weighted by molar-refractivity contribution is 0.387. The number of halogens is 1. The summed E-state index contributed by atoms with van der Waals surface area (Å²) >= 11 is 6.25. The van der Waals surface area contributed by atoms with Crippen LogP contribution in [0.2, 0.25) is 5.15 Å². The monoisotopic (exact) mass is 255 g/mol. The zero-order chi connectivity index (χ0) is 13.2. The van der Waals surface area contributed by atoms with Crippen LogP contribution in [0.1, 0.15) is 44.8 Å². The molecule has 0 unspecified atom stereocenters. The first-order valence-electron chi connectivity index (χ1n) is 5.96. The van der Waals surface area contributed by atoms with Gasteiger partial charge >= 0.3 is 0 Å². The largest absolute Gasteiger partial charge is 0.302 e. The quantitative estimate of drug-likeness (QED) is 0.778. The van der Waals surface area contributed by atoms with Crippen molar-refractivity contribution in [2.75, 3.05) is 14.1 Å². The summed E-state index contributed by atoms with van der Waals surface area (Å²) in [6.07, 6.45) is 0.869. The van der Waals surface area contributed by atoms with Gasteiger partial charge in [0.2, 0.25) is 0 Å². The Morgan fingerprint density at radius 1 is 1.18 bits per heavy atom. The molecule has 1 rings (SSSR count). The van der Waals surface area contributed by atoms with Crippen molar-refractivity contribution in [2.24, 2.45) is 0 Å². The van der Waals surface area contributed by atoms with Crippen molar-refractivity contribution in [3.63, 3.8) is 0 Å². The van der Waals surface area contributed by atoms with E-state index in [9.17, 15) is 0 Å². The lowest BCUT2D eigenvalue weighted by Gasteiger charge is -2.23. The maximum atomic E-state index is 6.25. The van der Waals surface area contributed by atoms with Gasteiger partial charge in [0.25, 0.3) is 0 Å². The molecule has 1 heterocycles. The standard InChI is InChI=1S/C13H22ClN3/c1-7-9-11(13(2,3)4)15-10(8-17(5)6)16-12(9)14/h7-8H2,1-6H3. The van der Waals surface area contributed by atoms with Gasteiger partial charge in [-0.3, -0.25) is 0 Å². The summed E-state index contributed by atoms with van der Waals surface area (Å²) in [6.45, 7) is 9.27. The van der Waals surface area contributed by atoms with Crippen LogP contribution < -0.4 is 0 Å². The van der Waals surface area contributed by atoms with Gasteiger partial charge in [0, 0.05) is 11.0 Å². The van der Waals surface area contributed by atoms with Crippen LogP contribution in [-0.4, -0.2) is 29.0 Å². The molecule has 0 radical (unpaired) electrons. The zero-order valence-electron chi connectivity index (χ0n) is 11.6. The molecule has 0 fully saturated rings. The molecular weight excluding hydrogens is 234 g/mol. The lowest BCUT2D eigenvalue weighted by Crippen LogP contribution is -2.21. The van der Waals surface area contributed by atoms with E-state index in [1.54, 1.807) is 0 Å². The van der Waals surface area contributed by atoms with E-state index in [0.29, 0.717) is 11.7 Å². The van der Waals surface area contributed by atoms with E-state index < -0.39 is 0 Å². The zero-order valence-corrected chi connectivity index (χ0v) is 12.4. The van der Waals surface area contributed by atoms with E-state index in [2.05, 4.69) is 37.7 Å². The Kier molecular flexibility index (Phi) is 4.50. The molecule has 96 valence electrons. The Morgan fingerprint density at radius 3 is 2.18 bits per heavy atom. The highest BCUT2D eigenvalue weighted by Crippen LogP contribution is 2.28. The predicted octanol–water partition coefficient (Wildman–Crippen LogP) is 3.05. The van der Waals surface area contributed by atoms with Crippen molar-refractivity contribution in [1.82, 2.24) is 14.9 Å². The first-order valence-corrected chi connectivity index (χ1v) is 6.34. The fourth-order valence-electron chi connectivity index (χ4n) is 1.79. The van der Waals surface area contributed by atoms with Crippen molar-refractivity contribution in [2.45, 2.75) is 46.1 Å². The van der Waals surface area contributed by atoms with Gasteiger partial charge in [-0.05, 0) is 20.5 Å². The molecule has 0 amide bonds. The predicted molar refractivity (Wildman–Crippen MR) is 72.5 cm³/mol. The number of hydrogen-bond acceptors (Lipinski definition) is 3. The lowest BCUT2D eigenvalue weighted by atomic mass is 9.88. The summed E-state index contributed by atoms with van der Waals surface area (Å²) in [4.78, 5) is 11.1. The van der Waals surface area contributed by atoms with Crippen molar-refractivity contribution in [3.8, 4) is 0 Å². The molecule has 0 aliphatic heterocycles. The molecule has 0 saturated carbocycles. The number of nitrogens with zero attached hydrogens (tertiary/aromatic N) is 3. The van der Waals surface area contributed by atoms with Crippen LogP contribution in [0.3, 0.4) is 0 Å². The van der Waals surface area contributed by atoms with Crippen LogP contribution in [0.4, 0.5) is 0 Å². The van der Waals surface area contributed by atoms with Gasteiger partial charge in [-0.15, -0.1) is 0 Å². The molecule has 0 N–H and O–H groups in total. The Balaban J connectivity index is 3.29. The van der Waals surface area contributed by atoms with Gasteiger partial charge in [0.1, 0.15) is 11.0 Å². The van der Waals surface area contributed by atoms with Crippen LogP contribution in [0.5, 0.6) is 0 Å². The SMILES string of the molecule is CCc1c(Cl)nc(CN(C)C)nc1C(C)(C)C. The molecule has 0 saturated heterocycles. The van der Waals surface area contributed by atoms with E-state index in [1.807, 2.05) is 19.0 Å². The fraction of sp³-hybridized carbons (Fsp3) is 0.692. The number of rotatable bonds is 3. The Bertz CT molecular complexity index is 394. The molecule has 17 heavy (non-hydrogen) atoms. The van der Waals surface area contributed by atoms with Gasteiger partial charge in [-0.2, -0.15) is 0 Å². The Hall–Kier alpha value is -0.670. The maximum absolute atomic E-state index is 6.25. The Labute approximate surface area is 109 Å². The summed E-state index contributed by atoms with van der Waals surface area (Å²) in [5.41, 5.74) is 2.14. The minimum Gasteiger partial charge on any atom is -0.302 e. The first-order chi connectivity index (χ1) is 7.75. The summed E-state index contributed by atoms with van der Waals surface area (Å²) in [5.74, 6) is 0.794. The molecular formula is C13H22ClN3. The molecule has 0 aliphatic carbocycles. The van der Waals surface area contributed by atoms with Gasteiger partial charge in [-0.1, -0.05) is 39.3 Å². The third kappa shape index (κ3) is 3.65. The molecule has 0 atom stereocenters. The van der Waals surface area contributed by atoms with Crippen LogP contribution in [0.25, 0.3) is 0 Å². The number of aromatic nitrogens is 2. The third-order valence-corrected chi connectivity index (χ3v) is 2.84. The molecule has 0 spiro atoms. The van der Waals surface area contributed by atoms with Gasteiger partial charge in [-0.25, -0.2) is 9.97 Å². The van der Waals surface area contributed by atoms with Crippen molar-refractivity contribution in [3.05, 3.63) is 22.2 Å². The summed E-state index contributed by atoms with van der Waals surface area (Å²) in [5, 5.41) is 0.601. The second-order valence-electron chi connectivity index (χ2n) is 5.60. The molecule has 0 aliphatic rings. The average molecular weight is 256 g/mol. The average Bonchev–Trinajstić information content (AvgIpc) is 2.14. The van der Waals surface area contributed by atoms with Crippen molar-refractivity contribution >= 4 is 11.6 Å². The molecule has 1 aromatic heterocycles. The van der Waals surface area contributed by atoms with Crippen LogP contribution in [0, 0.1) is 0 Å². The summed E-state index contributed by atoms with van der Waals surface area (Å²) < 4.78 is 0. The Morgan fingerprint density at radius 2 is 1.76 bits per heavy atom. The highest BCUT2D eigenvalue weighted by atomic mass is 35.5. The van der Waals surface area contributed by atoms with E-state index >= 15 is 0 Å². The van der Waals surface area contributed by atoms with E-state index in [0.717, 1.165) is 23.5 Å². The second kappa shape index (κ2) is 5.32. The third-order valence-electron chi connectivity index (χ3n) is 2.52. The van der Waals surface area contributed by atoms with Gasteiger partial charge < -0.3 is 4.90 Å². The minimum atomic E-state index is -0.00101. The minimum absolute atomic E-state index is 0.00101. The summed E-state index contributed by atoms with van der Waals surface area (Å²) in [6, 6.07) is 0. The second-order valence-corrected chi connectivity index (χ2v) is 5.96.